The van der Waals surface area contributed by atoms with Crippen LogP contribution >= 0.6 is 0 Å². The summed E-state index contributed by atoms with van der Waals surface area (Å²) in [6.07, 6.45) is 8.00. The maximum Gasteiger partial charge on any atom is 0.244 e. The number of fused-ring (bicyclic) bond motifs is 1. The zero-order valence-corrected chi connectivity index (χ0v) is 14.4. The molecule has 0 bridgehead atoms. The molecule has 6 nitrogen and oxygen atoms in total. The van der Waals surface area contributed by atoms with E-state index >= 15 is 0 Å². The maximum absolute atomic E-state index is 12.7. The van der Waals surface area contributed by atoms with Crippen LogP contribution in [0.2, 0.25) is 0 Å². The van der Waals surface area contributed by atoms with Crippen LogP contribution in [0.25, 0.3) is 22.4 Å². The molecule has 0 saturated carbocycles. The molecule has 0 aliphatic carbocycles. The Hall–Kier alpha value is -2.63. The highest BCUT2D eigenvalue weighted by Gasteiger charge is 2.20. The van der Waals surface area contributed by atoms with Gasteiger partial charge >= 0.3 is 0 Å². The normalized spacial score (nSPS) is 15.5. The van der Waals surface area contributed by atoms with Crippen molar-refractivity contribution in [3.63, 3.8) is 0 Å². The Bertz CT molecular complexity index is 874. The van der Waals surface area contributed by atoms with Gasteiger partial charge in [-0.25, -0.2) is 9.67 Å². The van der Waals surface area contributed by atoms with Crippen molar-refractivity contribution in [1.29, 1.82) is 0 Å². The second-order valence-electron chi connectivity index (χ2n) is 6.57. The van der Waals surface area contributed by atoms with Gasteiger partial charge in [-0.3, -0.25) is 4.79 Å². The number of hydrogen-bond acceptors (Lipinski definition) is 4. The van der Waals surface area contributed by atoms with Gasteiger partial charge in [0.15, 0.2) is 5.65 Å². The first-order chi connectivity index (χ1) is 12.2. The highest BCUT2D eigenvalue weighted by atomic mass is 16.3. The molecule has 1 aliphatic heterocycles. The average molecular weight is 338 g/mol. The van der Waals surface area contributed by atoms with Crippen LogP contribution in [0.4, 0.5) is 0 Å². The van der Waals surface area contributed by atoms with E-state index in [1.54, 1.807) is 17.1 Å². The highest BCUT2D eigenvalue weighted by Crippen LogP contribution is 2.30. The van der Waals surface area contributed by atoms with Gasteiger partial charge in [0.05, 0.1) is 17.3 Å². The van der Waals surface area contributed by atoms with Gasteiger partial charge in [0.25, 0.3) is 0 Å². The van der Waals surface area contributed by atoms with Crippen molar-refractivity contribution >= 4 is 16.9 Å². The Morgan fingerprint density at radius 3 is 2.72 bits per heavy atom. The summed E-state index contributed by atoms with van der Waals surface area (Å²) >= 11 is 0. The number of hydrogen-bond donors (Lipinski definition) is 0. The largest absolute Gasteiger partial charge is 0.464 e. The van der Waals surface area contributed by atoms with Crippen LogP contribution < -0.4 is 0 Å². The Morgan fingerprint density at radius 2 is 2.00 bits per heavy atom. The molecule has 4 heterocycles. The molecule has 3 aromatic rings. The molecule has 0 radical (unpaired) electrons. The fourth-order valence-corrected chi connectivity index (χ4v) is 3.58. The van der Waals surface area contributed by atoms with Crippen LogP contribution in [0.15, 0.2) is 35.1 Å². The minimum absolute atomic E-state index is 0.122. The van der Waals surface area contributed by atoms with Gasteiger partial charge in [-0.15, -0.1) is 0 Å². The molecule has 25 heavy (non-hydrogen) atoms. The molecule has 0 spiro atoms. The monoisotopic (exact) mass is 338 g/mol. The number of carbonyl (C=O) groups excluding carboxylic acids is 1. The van der Waals surface area contributed by atoms with Gasteiger partial charge in [-0.05, 0) is 38.0 Å². The molecule has 130 valence electrons. The third-order valence-electron chi connectivity index (χ3n) is 4.84. The third-order valence-corrected chi connectivity index (χ3v) is 4.84. The Labute approximate surface area is 146 Å². The van der Waals surface area contributed by atoms with E-state index in [9.17, 15) is 4.79 Å². The number of furan rings is 1. The fourth-order valence-electron chi connectivity index (χ4n) is 3.58. The summed E-state index contributed by atoms with van der Waals surface area (Å²) in [5.74, 6) is 0.908. The zero-order chi connectivity index (χ0) is 17.2. The van der Waals surface area contributed by atoms with Gasteiger partial charge in [0.2, 0.25) is 5.91 Å². The summed E-state index contributed by atoms with van der Waals surface area (Å²) in [6.45, 7) is 3.88. The number of nitrogens with zero attached hydrogens (tertiary/aromatic N) is 4. The third kappa shape index (κ3) is 3.04. The first-order valence-electron chi connectivity index (χ1n) is 8.88. The van der Waals surface area contributed by atoms with Crippen molar-refractivity contribution < 1.29 is 9.21 Å². The lowest BCUT2D eigenvalue weighted by Crippen LogP contribution is -2.34. The second-order valence-corrected chi connectivity index (χ2v) is 6.57. The predicted molar refractivity (Wildman–Crippen MR) is 95.0 cm³/mol. The fraction of sp³-hybridized carbons (Fsp3) is 0.421. The number of aromatic nitrogens is 3. The van der Waals surface area contributed by atoms with Crippen molar-refractivity contribution in [1.82, 2.24) is 19.7 Å². The minimum atomic E-state index is 0.122. The lowest BCUT2D eigenvalue weighted by molar-refractivity contribution is -0.131. The topological polar surface area (TPSA) is 64.2 Å². The number of amides is 1. The molecule has 0 N–H and O–H groups in total. The van der Waals surface area contributed by atoms with Crippen LogP contribution in [-0.4, -0.2) is 38.7 Å². The molecule has 0 aromatic carbocycles. The molecular weight excluding hydrogens is 316 g/mol. The van der Waals surface area contributed by atoms with Gasteiger partial charge in [0.1, 0.15) is 12.3 Å². The molecule has 0 atom stereocenters. The van der Waals surface area contributed by atoms with E-state index in [0.29, 0.717) is 0 Å². The number of pyridine rings is 1. The van der Waals surface area contributed by atoms with Gasteiger partial charge in [0, 0.05) is 24.8 Å². The summed E-state index contributed by atoms with van der Waals surface area (Å²) < 4.78 is 7.27. The Morgan fingerprint density at radius 1 is 1.20 bits per heavy atom. The molecule has 6 heteroatoms. The smallest absolute Gasteiger partial charge is 0.244 e. The van der Waals surface area contributed by atoms with Crippen molar-refractivity contribution in [3.05, 3.63) is 36.4 Å². The summed E-state index contributed by atoms with van der Waals surface area (Å²) in [5, 5.41) is 5.53. The van der Waals surface area contributed by atoms with Crippen molar-refractivity contribution in [2.75, 3.05) is 13.1 Å². The Kier molecular flexibility index (Phi) is 4.26. The predicted octanol–water partition coefficient (Wildman–Crippen LogP) is 3.40. The Balaban J connectivity index is 1.67. The molecular formula is C19H22N4O2. The van der Waals surface area contributed by atoms with E-state index in [0.717, 1.165) is 54.0 Å². The van der Waals surface area contributed by atoms with Crippen molar-refractivity contribution in [3.8, 4) is 11.3 Å². The molecule has 1 fully saturated rings. The summed E-state index contributed by atoms with van der Waals surface area (Å²) in [6, 6.07) is 5.72. The average Bonchev–Trinajstić information content (AvgIpc) is 3.16. The highest BCUT2D eigenvalue weighted by molar-refractivity contribution is 5.93. The second kappa shape index (κ2) is 6.70. The minimum Gasteiger partial charge on any atom is -0.464 e. The first-order valence-corrected chi connectivity index (χ1v) is 8.88. The van der Waals surface area contributed by atoms with E-state index in [4.69, 9.17) is 4.42 Å². The van der Waals surface area contributed by atoms with E-state index in [1.807, 2.05) is 30.0 Å². The van der Waals surface area contributed by atoms with Gasteiger partial charge in [-0.1, -0.05) is 12.8 Å². The number of likely N-dealkylation sites (tertiary alicyclic amines) is 1. The van der Waals surface area contributed by atoms with Crippen LogP contribution in [0.5, 0.6) is 0 Å². The zero-order valence-electron chi connectivity index (χ0n) is 14.4. The summed E-state index contributed by atoms with van der Waals surface area (Å²) in [4.78, 5) is 19.1. The van der Waals surface area contributed by atoms with Crippen molar-refractivity contribution in [2.24, 2.45) is 0 Å². The van der Waals surface area contributed by atoms with Crippen molar-refractivity contribution in [2.45, 2.75) is 39.2 Å². The standard InChI is InChI=1S/C19H22N4O2/c1-14-18-15(16-7-6-12-25-16)8-9-20-19(18)23(21-14)13-17(24)22-10-4-2-3-5-11-22/h6-9,12H,2-5,10-11,13H2,1H3. The number of rotatable bonds is 3. The number of carbonyl (C=O) groups is 1. The summed E-state index contributed by atoms with van der Waals surface area (Å²) in [7, 11) is 0. The van der Waals surface area contributed by atoms with E-state index in [2.05, 4.69) is 10.1 Å². The van der Waals surface area contributed by atoms with Gasteiger partial charge < -0.3 is 9.32 Å². The lowest BCUT2D eigenvalue weighted by atomic mass is 10.1. The van der Waals surface area contributed by atoms with Gasteiger partial charge in [-0.2, -0.15) is 5.10 Å². The quantitative estimate of drug-likeness (QED) is 0.734. The maximum atomic E-state index is 12.7. The SMILES string of the molecule is Cc1nn(CC(=O)N2CCCCCC2)c2nccc(-c3ccco3)c12. The molecule has 4 rings (SSSR count). The first kappa shape index (κ1) is 15.9. The molecule has 3 aromatic heterocycles. The molecule has 1 aliphatic rings. The van der Waals surface area contributed by atoms with E-state index in [-0.39, 0.29) is 12.5 Å². The molecule has 1 saturated heterocycles. The van der Waals surface area contributed by atoms with Crippen LogP contribution in [-0.2, 0) is 11.3 Å². The molecule has 0 unspecified atom stereocenters. The van der Waals surface area contributed by atoms with Crippen LogP contribution in [0.1, 0.15) is 31.4 Å². The van der Waals surface area contributed by atoms with Crippen LogP contribution in [0.3, 0.4) is 0 Å². The van der Waals surface area contributed by atoms with E-state index < -0.39 is 0 Å². The molecule has 1 amide bonds. The number of aryl methyl sites for hydroxylation is 1. The summed E-state index contributed by atoms with van der Waals surface area (Å²) in [5.41, 5.74) is 2.55. The lowest BCUT2D eigenvalue weighted by Gasteiger charge is -2.20. The van der Waals surface area contributed by atoms with E-state index in [1.165, 1.54) is 12.8 Å². The van der Waals surface area contributed by atoms with Crippen LogP contribution in [0, 0.1) is 6.92 Å².